The number of hydrogen-bond donors (Lipinski definition) is 0. The Morgan fingerprint density at radius 2 is 1.74 bits per heavy atom. The van der Waals surface area contributed by atoms with Crippen molar-refractivity contribution >= 4 is 40.1 Å². The van der Waals surface area contributed by atoms with Crippen molar-refractivity contribution in [1.82, 2.24) is 9.80 Å². The molecule has 0 atom stereocenters. The van der Waals surface area contributed by atoms with Crippen LogP contribution in [0.15, 0.2) is 82.2 Å². The van der Waals surface area contributed by atoms with Crippen molar-refractivity contribution in [3.63, 3.8) is 0 Å². The van der Waals surface area contributed by atoms with Gasteiger partial charge in [0, 0.05) is 25.2 Å². The first-order valence-electron chi connectivity index (χ1n) is 13.6. The highest BCUT2D eigenvalue weighted by molar-refractivity contribution is 6.34. The molecule has 0 aliphatic heterocycles. The van der Waals surface area contributed by atoms with E-state index in [1.54, 1.807) is 12.1 Å². The predicted octanol–water partition coefficient (Wildman–Crippen LogP) is 6.38. The molecule has 0 aliphatic rings. The molecule has 0 radical (unpaired) electrons. The van der Waals surface area contributed by atoms with Gasteiger partial charge in [0.1, 0.15) is 12.1 Å². The van der Waals surface area contributed by atoms with E-state index in [0.717, 1.165) is 17.2 Å². The number of nitro benzene ring substituents is 1. The maximum atomic E-state index is 13.9. The zero-order chi connectivity index (χ0) is 30.4. The second-order valence-electron chi connectivity index (χ2n) is 10.7. The van der Waals surface area contributed by atoms with Crippen LogP contribution >= 0.6 is 11.6 Å². The summed E-state index contributed by atoms with van der Waals surface area (Å²) in [6, 6.07) is 18.4. The van der Waals surface area contributed by atoms with E-state index in [2.05, 4.69) is 0 Å². The number of carbonyl (C=O) groups is 2. The van der Waals surface area contributed by atoms with Crippen molar-refractivity contribution in [1.29, 1.82) is 0 Å². The third-order valence-corrected chi connectivity index (χ3v) is 7.23. The highest BCUT2D eigenvalue weighted by Gasteiger charge is 2.26. The van der Waals surface area contributed by atoms with Gasteiger partial charge in [0.05, 0.1) is 39.3 Å². The van der Waals surface area contributed by atoms with Crippen LogP contribution in [0.1, 0.15) is 47.3 Å². The summed E-state index contributed by atoms with van der Waals surface area (Å²) in [7, 11) is 0. The van der Waals surface area contributed by atoms with Crippen molar-refractivity contribution in [3.8, 4) is 0 Å². The van der Waals surface area contributed by atoms with Crippen LogP contribution in [0.25, 0.3) is 11.0 Å². The van der Waals surface area contributed by atoms with Gasteiger partial charge in [-0.25, -0.2) is 0 Å². The molecule has 9 nitrogen and oxygen atoms in total. The fourth-order valence-electron chi connectivity index (χ4n) is 4.53. The molecule has 3 aromatic carbocycles. The number of nitrogens with zero attached hydrogens (tertiary/aromatic N) is 3. The summed E-state index contributed by atoms with van der Waals surface area (Å²) in [5, 5.41) is 11.5. The topological polar surface area (TPSA) is 114 Å². The van der Waals surface area contributed by atoms with E-state index < -0.39 is 10.8 Å². The lowest BCUT2D eigenvalue weighted by atomic mass is 10.1. The summed E-state index contributed by atoms with van der Waals surface area (Å²) in [4.78, 5) is 54.3. The predicted molar refractivity (Wildman–Crippen MR) is 161 cm³/mol. The van der Waals surface area contributed by atoms with Crippen LogP contribution in [0.5, 0.6) is 0 Å². The highest BCUT2D eigenvalue weighted by atomic mass is 35.5. The highest BCUT2D eigenvalue weighted by Crippen LogP contribution is 2.24. The molecule has 2 amide bonds. The molecule has 0 bridgehead atoms. The molecular formula is C32H32ClN3O6. The minimum Gasteiger partial charge on any atom is -0.464 e. The van der Waals surface area contributed by atoms with Crippen LogP contribution in [-0.4, -0.2) is 39.6 Å². The number of halogens is 1. The number of non-ortho nitro benzene ring substituents is 1. The standard InChI is InChI=1S/C32H32ClN3O6/c1-21(2)13-14-34(32(39)26-11-10-25(36(40)41)16-28(26)33)19-30(37)35(17-23-7-5-4-6-8-23)18-24-20-42-29-12-9-22(3)15-27(29)31(24)38/h4-12,15-16,20-21H,13-14,17-19H2,1-3H3. The van der Waals surface area contributed by atoms with Crippen molar-refractivity contribution in [3.05, 3.63) is 121 Å². The molecule has 0 unspecified atom stereocenters. The van der Waals surface area contributed by atoms with E-state index in [0.29, 0.717) is 23.0 Å². The number of benzene rings is 3. The van der Waals surface area contributed by atoms with E-state index in [1.807, 2.05) is 57.2 Å². The smallest absolute Gasteiger partial charge is 0.270 e. The van der Waals surface area contributed by atoms with Gasteiger partial charge in [0.25, 0.3) is 11.6 Å². The molecule has 4 aromatic rings. The van der Waals surface area contributed by atoms with E-state index in [9.17, 15) is 24.5 Å². The zero-order valence-electron chi connectivity index (χ0n) is 23.7. The fourth-order valence-corrected chi connectivity index (χ4v) is 4.78. The maximum absolute atomic E-state index is 13.9. The lowest BCUT2D eigenvalue weighted by Gasteiger charge is -2.28. The summed E-state index contributed by atoms with van der Waals surface area (Å²) < 4.78 is 5.73. The third kappa shape index (κ3) is 7.41. The van der Waals surface area contributed by atoms with Gasteiger partial charge in [-0.1, -0.05) is 67.4 Å². The molecule has 0 aliphatic carbocycles. The summed E-state index contributed by atoms with van der Waals surface area (Å²) in [5.74, 6) is -0.643. The number of rotatable bonds is 11. The SMILES string of the molecule is Cc1ccc2occ(CN(Cc3ccccc3)C(=O)CN(CCC(C)C)C(=O)c3ccc([N+](=O)[O-])cc3Cl)c(=O)c2c1. The van der Waals surface area contributed by atoms with Crippen LogP contribution in [0, 0.1) is 23.0 Å². The second-order valence-corrected chi connectivity index (χ2v) is 11.1. The van der Waals surface area contributed by atoms with E-state index >= 15 is 0 Å². The Morgan fingerprint density at radius 3 is 2.40 bits per heavy atom. The van der Waals surface area contributed by atoms with Crippen LogP contribution in [-0.2, 0) is 17.9 Å². The molecule has 42 heavy (non-hydrogen) atoms. The van der Waals surface area contributed by atoms with E-state index in [4.69, 9.17) is 16.0 Å². The van der Waals surface area contributed by atoms with Crippen LogP contribution < -0.4 is 5.43 Å². The van der Waals surface area contributed by atoms with Gasteiger partial charge in [-0.3, -0.25) is 24.5 Å². The van der Waals surface area contributed by atoms with Gasteiger partial charge in [-0.15, -0.1) is 0 Å². The Morgan fingerprint density at radius 1 is 1.00 bits per heavy atom. The van der Waals surface area contributed by atoms with Crippen LogP contribution in [0.3, 0.4) is 0 Å². The molecule has 0 saturated carbocycles. The normalized spacial score (nSPS) is 11.1. The third-order valence-electron chi connectivity index (χ3n) is 6.91. The van der Waals surface area contributed by atoms with Gasteiger partial charge in [-0.05, 0) is 43.0 Å². The zero-order valence-corrected chi connectivity index (χ0v) is 24.5. The largest absolute Gasteiger partial charge is 0.464 e. The van der Waals surface area contributed by atoms with Crippen LogP contribution in [0.2, 0.25) is 5.02 Å². The summed E-state index contributed by atoms with van der Waals surface area (Å²) in [6.45, 7) is 6.07. The Labute approximate surface area is 248 Å². The molecule has 0 spiro atoms. The Bertz CT molecular complexity index is 1670. The Kier molecular flexibility index (Phi) is 9.75. The van der Waals surface area contributed by atoms with Crippen LogP contribution in [0.4, 0.5) is 5.69 Å². The lowest BCUT2D eigenvalue weighted by molar-refractivity contribution is -0.384. The minimum atomic E-state index is -0.591. The molecule has 0 saturated heterocycles. The molecule has 0 N–H and O–H groups in total. The van der Waals surface area contributed by atoms with Gasteiger partial charge < -0.3 is 14.2 Å². The number of aryl methyl sites for hydroxylation is 1. The summed E-state index contributed by atoms with van der Waals surface area (Å²) in [6.07, 6.45) is 2.00. The van der Waals surface area contributed by atoms with Crippen molar-refractivity contribution in [2.75, 3.05) is 13.1 Å². The minimum absolute atomic E-state index is 0.0234. The fraction of sp³-hybridized carbons (Fsp3) is 0.281. The first-order chi connectivity index (χ1) is 20.0. The molecule has 1 heterocycles. The van der Waals surface area contributed by atoms with Crippen molar-refractivity contribution in [2.45, 2.75) is 40.3 Å². The maximum Gasteiger partial charge on any atom is 0.270 e. The number of nitro groups is 1. The quantitative estimate of drug-likeness (QED) is 0.148. The second kappa shape index (κ2) is 13.4. The first kappa shape index (κ1) is 30.5. The molecular weight excluding hydrogens is 558 g/mol. The monoisotopic (exact) mass is 589 g/mol. The average molecular weight is 590 g/mol. The van der Waals surface area contributed by atoms with Crippen molar-refractivity contribution in [2.24, 2.45) is 5.92 Å². The van der Waals surface area contributed by atoms with E-state index in [1.165, 1.54) is 28.2 Å². The van der Waals surface area contributed by atoms with Gasteiger partial charge in [-0.2, -0.15) is 0 Å². The van der Waals surface area contributed by atoms with Gasteiger partial charge in [0.2, 0.25) is 5.91 Å². The molecule has 218 valence electrons. The number of hydrogen-bond acceptors (Lipinski definition) is 6. The first-order valence-corrected chi connectivity index (χ1v) is 14.0. The summed E-state index contributed by atoms with van der Waals surface area (Å²) >= 11 is 6.27. The number of fused-ring (bicyclic) bond motifs is 1. The summed E-state index contributed by atoms with van der Waals surface area (Å²) in [5.41, 5.74) is 2.14. The number of amides is 2. The lowest BCUT2D eigenvalue weighted by Crippen LogP contribution is -2.43. The molecule has 10 heteroatoms. The molecule has 4 rings (SSSR count). The number of carbonyl (C=O) groups excluding carboxylic acids is 2. The molecule has 0 fully saturated rings. The van der Waals surface area contributed by atoms with E-state index in [-0.39, 0.29) is 59.7 Å². The average Bonchev–Trinajstić information content (AvgIpc) is 2.96. The van der Waals surface area contributed by atoms with Gasteiger partial charge in [0.15, 0.2) is 5.43 Å². The van der Waals surface area contributed by atoms with Crippen molar-refractivity contribution < 1.29 is 18.9 Å². The Balaban J connectivity index is 1.66. The Hall–Kier alpha value is -4.50. The molecule has 1 aromatic heterocycles. The van der Waals surface area contributed by atoms with Gasteiger partial charge >= 0.3 is 0 Å².